The van der Waals surface area contributed by atoms with Crippen LogP contribution < -0.4 is 11.5 Å². The summed E-state index contributed by atoms with van der Waals surface area (Å²) in [4.78, 5) is 4.12. The molecule has 1 aliphatic carbocycles. The normalized spacial score (nSPS) is 30.1. The minimum atomic E-state index is -0.297. The van der Waals surface area contributed by atoms with Crippen LogP contribution in [0.2, 0.25) is 0 Å². The van der Waals surface area contributed by atoms with Gasteiger partial charge >= 0.3 is 0 Å². The average Bonchev–Trinajstić information content (AvgIpc) is 2.38. The molecule has 0 saturated heterocycles. The summed E-state index contributed by atoms with van der Waals surface area (Å²) < 4.78 is 5.81. The minimum Gasteiger partial charge on any atom is -0.383 e. The van der Waals surface area contributed by atoms with Gasteiger partial charge < -0.3 is 16.2 Å². The highest BCUT2D eigenvalue weighted by Crippen LogP contribution is 2.42. The quantitative estimate of drug-likeness (QED) is 0.861. The molecule has 1 aliphatic rings. The van der Waals surface area contributed by atoms with Crippen molar-refractivity contribution in [1.29, 1.82) is 0 Å². The molecule has 0 aromatic carbocycles. The maximum Gasteiger partial charge on any atom is 0.128 e. The van der Waals surface area contributed by atoms with Crippen LogP contribution in [0.5, 0.6) is 0 Å². The smallest absolute Gasteiger partial charge is 0.128 e. The van der Waals surface area contributed by atoms with E-state index in [9.17, 15) is 0 Å². The Morgan fingerprint density at radius 1 is 1.56 bits per heavy atom. The van der Waals surface area contributed by atoms with E-state index in [-0.39, 0.29) is 11.6 Å². The number of anilines is 1. The molecule has 4 nitrogen and oxygen atoms in total. The van der Waals surface area contributed by atoms with E-state index in [4.69, 9.17) is 16.2 Å². The molecule has 4 heteroatoms. The third kappa shape index (κ3) is 2.35. The Hall–Kier alpha value is -1.13. The Morgan fingerprint density at radius 2 is 2.33 bits per heavy atom. The summed E-state index contributed by atoms with van der Waals surface area (Å²) in [6.07, 6.45) is 6.07. The average molecular weight is 249 g/mol. The third-order valence-electron chi connectivity index (χ3n) is 4.17. The molecule has 3 atom stereocenters. The fraction of sp³-hybridized carbons (Fsp3) is 0.643. The van der Waals surface area contributed by atoms with Gasteiger partial charge in [-0.15, -0.1) is 0 Å². The van der Waals surface area contributed by atoms with E-state index in [2.05, 4.69) is 11.9 Å². The fourth-order valence-corrected chi connectivity index (χ4v) is 3.11. The Morgan fingerprint density at radius 3 is 2.94 bits per heavy atom. The first kappa shape index (κ1) is 13.3. The predicted octanol–water partition coefficient (Wildman–Crippen LogP) is 2.26. The molecule has 1 saturated carbocycles. The van der Waals surface area contributed by atoms with Gasteiger partial charge in [-0.05, 0) is 24.8 Å². The van der Waals surface area contributed by atoms with Crippen LogP contribution >= 0.6 is 0 Å². The lowest BCUT2D eigenvalue weighted by molar-refractivity contribution is -0.0717. The number of hydrogen-bond acceptors (Lipinski definition) is 4. The van der Waals surface area contributed by atoms with Gasteiger partial charge in [-0.3, -0.25) is 0 Å². The van der Waals surface area contributed by atoms with Gasteiger partial charge in [0.2, 0.25) is 0 Å². The summed E-state index contributed by atoms with van der Waals surface area (Å²) in [7, 11) is 1.75. The van der Waals surface area contributed by atoms with Gasteiger partial charge in [0.1, 0.15) is 5.82 Å². The highest BCUT2D eigenvalue weighted by molar-refractivity contribution is 5.42. The number of methoxy groups -OCH3 is 1. The molecule has 0 bridgehead atoms. The molecule has 2 rings (SSSR count). The summed E-state index contributed by atoms with van der Waals surface area (Å²) >= 11 is 0. The van der Waals surface area contributed by atoms with E-state index in [1.165, 1.54) is 6.42 Å². The van der Waals surface area contributed by atoms with Gasteiger partial charge in [-0.2, -0.15) is 0 Å². The minimum absolute atomic E-state index is 0.209. The molecule has 18 heavy (non-hydrogen) atoms. The SMILES string of the molecule is COC1(C(N)c2cccnc2N)CCCC(C)C1. The summed E-state index contributed by atoms with van der Waals surface area (Å²) in [5.41, 5.74) is 13.0. The van der Waals surface area contributed by atoms with Crippen LogP contribution in [0.1, 0.15) is 44.2 Å². The van der Waals surface area contributed by atoms with Gasteiger partial charge in [0.15, 0.2) is 0 Å². The van der Waals surface area contributed by atoms with Gasteiger partial charge in [-0.1, -0.05) is 25.8 Å². The Kier molecular flexibility index (Phi) is 3.88. The van der Waals surface area contributed by atoms with Crippen molar-refractivity contribution in [2.24, 2.45) is 11.7 Å². The molecule has 100 valence electrons. The van der Waals surface area contributed by atoms with E-state index in [1.54, 1.807) is 13.3 Å². The highest BCUT2D eigenvalue weighted by atomic mass is 16.5. The second kappa shape index (κ2) is 5.24. The predicted molar refractivity (Wildman–Crippen MR) is 72.9 cm³/mol. The largest absolute Gasteiger partial charge is 0.383 e. The fourth-order valence-electron chi connectivity index (χ4n) is 3.11. The third-order valence-corrected chi connectivity index (χ3v) is 4.17. The lowest BCUT2D eigenvalue weighted by Crippen LogP contribution is -2.46. The molecular weight excluding hydrogens is 226 g/mol. The van der Waals surface area contributed by atoms with Crippen LogP contribution in [0.4, 0.5) is 5.82 Å². The molecular formula is C14H23N3O. The van der Waals surface area contributed by atoms with Crippen LogP contribution in [-0.2, 0) is 4.74 Å². The first-order valence-corrected chi connectivity index (χ1v) is 6.60. The van der Waals surface area contributed by atoms with Crippen molar-refractivity contribution in [3.63, 3.8) is 0 Å². The van der Waals surface area contributed by atoms with Gasteiger partial charge in [0, 0.05) is 18.9 Å². The zero-order chi connectivity index (χ0) is 13.2. The molecule has 0 radical (unpaired) electrons. The van der Waals surface area contributed by atoms with Crippen molar-refractivity contribution in [1.82, 2.24) is 4.98 Å². The maximum absolute atomic E-state index is 6.43. The summed E-state index contributed by atoms with van der Waals surface area (Å²) in [6, 6.07) is 3.62. The van der Waals surface area contributed by atoms with Crippen LogP contribution in [-0.4, -0.2) is 17.7 Å². The second-order valence-electron chi connectivity index (χ2n) is 5.43. The standard InChI is InChI=1S/C14H23N3O/c1-10-5-3-7-14(9-10,18-2)12(15)11-6-4-8-17-13(11)16/h4,6,8,10,12H,3,5,7,9,15H2,1-2H3,(H2,16,17). The molecule has 3 unspecified atom stereocenters. The topological polar surface area (TPSA) is 74.2 Å². The van der Waals surface area contributed by atoms with E-state index >= 15 is 0 Å². The number of nitrogens with two attached hydrogens (primary N) is 2. The zero-order valence-corrected chi connectivity index (χ0v) is 11.2. The van der Waals surface area contributed by atoms with Crippen molar-refractivity contribution < 1.29 is 4.74 Å². The van der Waals surface area contributed by atoms with Gasteiger partial charge in [0.25, 0.3) is 0 Å². The van der Waals surface area contributed by atoms with E-state index in [0.29, 0.717) is 11.7 Å². The van der Waals surface area contributed by atoms with Crippen molar-refractivity contribution in [2.45, 2.75) is 44.2 Å². The van der Waals surface area contributed by atoms with Gasteiger partial charge in [-0.25, -0.2) is 4.98 Å². The maximum atomic E-state index is 6.43. The number of rotatable bonds is 3. The first-order valence-electron chi connectivity index (χ1n) is 6.60. The van der Waals surface area contributed by atoms with Crippen LogP contribution in [0.3, 0.4) is 0 Å². The van der Waals surface area contributed by atoms with Crippen LogP contribution in [0.25, 0.3) is 0 Å². The van der Waals surface area contributed by atoms with Crippen LogP contribution in [0.15, 0.2) is 18.3 Å². The molecule has 1 aromatic heterocycles. The first-order chi connectivity index (χ1) is 8.59. The van der Waals surface area contributed by atoms with Crippen molar-refractivity contribution >= 4 is 5.82 Å². The number of nitrogens with zero attached hydrogens (tertiary/aromatic N) is 1. The zero-order valence-electron chi connectivity index (χ0n) is 11.2. The molecule has 0 amide bonds. The Labute approximate surface area is 109 Å². The van der Waals surface area contributed by atoms with Crippen molar-refractivity contribution in [2.75, 3.05) is 12.8 Å². The Balaban J connectivity index is 2.30. The van der Waals surface area contributed by atoms with Crippen molar-refractivity contribution in [3.05, 3.63) is 23.9 Å². The number of ether oxygens (including phenoxy) is 1. The summed E-state index contributed by atoms with van der Waals surface area (Å²) in [5, 5.41) is 0. The number of hydrogen-bond donors (Lipinski definition) is 2. The molecule has 0 aliphatic heterocycles. The van der Waals surface area contributed by atoms with Crippen LogP contribution in [0, 0.1) is 5.92 Å². The summed E-state index contributed by atoms with van der Waals surface area (Å²) in [5.74, 6) is 1.15. The Bertz CT molecular complexity index is 410. The van der Waals surface area contributed by atoms with Crippen molar-refractivity contribution in [3.8, 4) is 0 Å². The molecule has 1 heterocycles. The molecule has 0 spiro atoms. The van der Waals surface area contributed by atoms with E-state index < -0.39 is 0 Å². The van der Waals surface area contributed by atoms with E-state index in [1.807, 2.05) is 12.1 Å². The monoisotopic (exact) mass is 249 g/mol. The lowest BCUT2D eigenvalue weighted by atomic mass is 9.73. The van der Waals surface area contributed by atoms with E-state index in [0.717, 1.165) is 24.8 Å². The number of pyridine rings is 1. The molecule has 1 fully saturated rings. The number of nitrogen functional groups attached to an aromatic ring is 1. The molecule has 4 N–H and O–H groups in total. The summed E-state index contributed by atoms with van der Waals surface area (Å²) in [6.45, 7) is 2.26. The molecule has 1 aromatic rings. The van der Waals surface area contributed by atoms with Gasteiger partial charge in [0.05, 0.1) is 11.6 Å². The number of aromatic nitrogens is 1. The highest BCUT2D eigenvalue weighted by Gasteiger charge is 2.41. The lowest BCUT2D eigenvalue weighted by Gasteiger charge is -2.43. The second-order valence-corrected chi connectivity index (χ2v) is 5.43.